The minimum absolute atomic E-state index is 0.502. The van der Waals surface area contributed by atoms with Gasteiger partial charge >= 0.3 is 0 Å². The van der Waals surface area contributed by atoms with Gasteiger partial charge in [-0.05, 0) is 12.1 Å². The van der Waals surface area contributed by atoms with Crippen LogP contribution in [-0.4, -0.2) is 31.2 Å². The first-order chi connectivity index (χ1) is 9.20. The molecule has 1 heterocycles. The average molecular weight is 259 g/mol. The van der Waals surface area contributed by atoms with Crippen molar-refractivity contribution >= 4 is 16.6 Å². The van der Waals surface area contributed by atoms with Crippen LogP contribution >= 0.6 is 0 Å². The van der Waals surface area contributed by atoms with E-state index in [1.807, 2.05) is 30.5 Å². The summed E-state index contributed by atoms with van der Waals surface area (Å²) in [5, 5.41) is 7.88. The van der Waals surface area contributed by atoms with Gasteiger partial charge in [-0.2, -0.15) is 0 Å². The Balaban J connectivity index is 2.16. The molecule has 2 rings (SSSR count). The molecular weight excluding hydrogens is 238 g/mol. The van der Waals surface area contributed by atoms with Crippen molar-refractivity contribution in [1.29, 1.82) is 0 Å². The maximum Gasteiger partial charge on any atom is 0.121 e. The van der Waals surface area contributed by atoms with Crippen molar-refractivity contribution in [1.82, 2.24) is 10.3 Å². The van der Waals surface area contributed by atoms with E-state index in [1.54, 1.807) is 7.11 Å². The summed E-state index contributed by atoms with van der Waals surface area (Å²) in [5.74, 6) is 0.847. The van der Waals surface area contributed by atoms with Crippen LogP contribution in [0, 0.1) is 0 Å². The topological polar surface area (TPSA) is 46.2 Å². The molecule has 2 aromatic rings. The first-order valence-corrected chi connectivity index (χ1v) is 6.60. The molecule has 0 amide bonds. The van der Waals surface area contributed by atoms with Crippen molar-refractivity contribution in [3.63, 3.8) is 0 Å². The Kier molecular flexibility index (Phi) is 4.58. The van der Waals surface area contributed by atoms with Crippen molar-refractivity contribution < 1.29 is 4.74 Å². The number of methoxy groups -OCH3 is 1. The van der Waals surface area contributed by atoms with Gasteiger partial charge in [0.05, 0.1) is 18.3 Å². The summed E-state index contributed by atoms with van der Waals surface area (Å²) in [6.45, 7) is 6.06. The highest BCUT2D eigenvalue weighted by atomic mass is 16.5. The molecule has 4 heteroatoms. The standard InChI is InChI=1S/C15H21N3O/c1-11(2)16-7-8-17-14-10-13(19-3)9-12-5-4-6-18-15(12)14/h4-6,9-11,16-17H,7-8H2,1-3H3. The van der Waals surface area contributed by atoms with Gasteiger partial charge in [-0.3, -0.25) is 4.98 Å². The van der Waals surface area contributed by atoms with Crippen LogP contribution in [0.2, 0.25) is 0 Å². The van der Waals surface area contributed by atoms with Crippen molar-refractivity contribution in [2.75, 3.05) is 25.5 Å². The number of nitrogens with one attached hydrogen (secondary N) is 2. The van der Waals surface area contributed by atoms with Crippen LogP contribution in [0.15, 0.2) is 30.5 Å². The molecule has 0 atom stereocenters. The zero-order chi connectivity index (χ0) is 13.7. The Morgan fingerprint density at radius 3 is 2.84 bits per heavy atom. The summed E-state index contributed by atoms with van der Waals surface area (Å²) in [6.07, 6.45) is 1.81. The lowest BCUT2D eigenvalue weighted by atomic mass is 10.2. The monoisotopic (exact) mass is 259 g/mol. The molecule has 0 aliphatic heterocycles. The minimum Gasteiger partial charge on any atom is -0.497 e. The fraction of sp³-hybridized carbons (Fsp3) is 0.400. The SMILES string of the molecule is COc1cc(NCCNC(C)C)c2ncccc2c1. The summed E-state index contributed by atoms with van der Waals surface area (Å²) < 4.78 is 5.32. The minimum atomic E-state index is 0.502. The molecule has 4 nitrogen and oxygen atoms in total. The van der Waals surface area contributed by atoms with Gasteiger partial charge in [-0.25, -0.2) is 0 Å². The number of hydrogen-bond acceptors (Lipinski definition) is 4. The predicted molar refractivity (Wildman–Crippen MR) is 79.9 cm³/mol. The van der Waals surface area contributed by atoms with E-state index in [1.165, 1.54) is 0 Å². The average Bonchev–Trinajstić information content (AvgIpc) is 2.42. The first kappa shape index (κ1) is 13.6. The maximum atomic E-state index is 5.32. The Labute approximate surface area is 114 Å². The lowest BCUT2D eigenvalue weighted by Gasteiger charge is -2.13. The molecule has 2 N–H and O–H groups in total. The lowest BCUT2D eigenvalue weighted by Crippen LogP contribution is -2.28. The molecule has 0 fully saturated rings. The second-order valence-electron chi connectivity index (χ2n) is 4.79. The molecule has 102 valence electrons. The number of ether oxygens (including phenoxy) is 1. The molecule has 0 saturated heterocycles. The van der Waals surface area contributed by atoms with Gasteiger partial charge in [0, 0.05) is 36.8 Å². The quantitative estimate of drug-likeness (QED) is 0.783. The van der Waals surface area contributed by atoms with Crippen LogP contribution in [-0.2, 0) is 0 Å². The van der Waals surface area contributed by atoms with Gasteiger partial charge in [0.25, 0.3) is 0 Å². The highest BCUT2D eigenvalue weighted by molar-refractivity contribution is 5.91. The van der Waals surface area contributed by atoms with E-state index in [9.17, 15) is 0 Å². The van der Waals surface area contributed by atoms with Crippen LogP contribution in [0.3, 0.4) is 0 Å². The molecule has 0 bridgehead atoms. The van der Waals surface area contributed by atoms with Gasteiger partial charge < -0.3 is 15.4 Å². The molecule has 0 saturated carbocycles. The van der Waals surface area contributed by atoms with Gasteiger partial charge in [-0.1, -0.05) is 19.9 Å². The molecule has 1 aromatic heterocycles. The van der Waals surface area contributed by atoms with Gasteiger partial charge in [0.15, 0.2) is 0 Å². The van der Waals surface area contributed by atoms with Crippen LogP contribution in [0.1, 0.15) is 13.8 Å². The number of pyridine rings is 1. The van der Waals surface area contributed by atoms with Gasteiger partial charge in [-0.15, -0.1) is 0 Å². The van der Waals surface area contributed by atoms with E-state index in [2.05, 4.69) is 29.5 Å². The van der Waals surface area contributed by atoms with E-state index in [4.69, 9.17) is 4.74 Å². The summed E-state index contributed by atoms with van der Waals surface area (Å²) >= 11 is 0. The van der Waals surface area contributed by atoms with E-state index >= 15 is 0 Å². The third-order valence-electron chi connectivity index (χ3n) is 2.91. The number of fused-ring (bicyclic) bond motifs is 1. The molecule has 0 radical (unpaired) electrons. The number of aromatic nitrogens is 1. The van der Waals surface area contributed by atoms with E-state index < -0.39 is 0 Å². The number of benzene rings is 1. The Morgan fingerprint density at radius 2 is 2.11 bits per heavy atom. The maximum absolute atomic E-state index is 5.32. The van der Waals surface area contributed by atoms with Crippen LogP contribution in [0.5, 0.6) is 5.75 Å². The fourth-order valence-corrected chi connectivity index (χ4v) is 1.98. The van der Waals surface area contributed by atoms with Gasteiger partial charge in [0.2, 0.25) is 0 Å². The largest absolute Gasteiger partial charge is 0.497 e. The Hall–Kier alpha value is -1.81. The van der Waals surface area contributed by atoms with Crippen LogP contribution in [0.25, 0.3) is 10.9 Å². The molecule has 0 aliphatic rings. The van der Waals surface area contributed by atoms with Crippen LogP contribution in [0.4, 0.5) is 5.69 Å². The number of rotatable bonds is 6. The number of hydrogen-bond donors (Lipinski definition) is 2. The van der Waals surface area contributed by atoms with E-state index in [0.29, 0.717) is 6.04 Å². The summed E-state index contributed by atoms with van der Waals surface area (Å²) in [6, 6.07) is 8.47. The third-order valence-corrected chi connectivity index (χ3v) is 2.91. The zero-order valence-corrected chi connectivity index (χ0v) is 11.7. The van der Waals surface area contributed by atoms with Crippen molar-refractivity contribution in [2.24, 2.45) is 0 Å². The smallest absolute Gasteiger partial charge is 0.121 e. The summed E-state index contributed by atoms with van der Waals surface area (Å²) in [4.78, 5) is 4.43. The molecule has 1 aromatic carbocycles. The second kappa shape index (κ2) is 6.38. The van der Waals surface area contributed by atoms with Crippen molar-refractivity contribution in [2.45, 2.75) is 19.9 Å². The van der Waals surface area contributed by atoms with E-state index in [0.717, 1.165) is 35.4 Å². The zero-order valence-electron chi connectivity index (χ0n) is 11.7. The Morgan fingerprint density at radius 1 is 1.26 bits per heavy atom. The van der Waals surface area contributed by atoms with E-state index in [-0.39, 0.29) is 0 Å². The van der Waals surface area contributed by atoms with Crippen molar-refractivity contribution in [3.8, 4) is 5.75 Å². The predicted octanol–water partition coefficient (Wildman–Crippen LogP) is 2.65. The highest BCUT2D eigenvalue weighted by Gasteiger charge is 2.05. The Bertz CT molecular complexity index is 540. The lowest BCUT2D eigenvalue weighted by molar-refractivity contribution is 0.415. The molecule has 0 aliphatic carbocycles. The summed E-state index contributed by atoms with van der Waals surface area (Å²) in [7, 11) is 1.68. The first-order valence-electron chi connectivity index (χ1n) is 6.60. The normalized spacial score (nSPS) is 10.9. The van der Waals surface area contributed by atoms with Crippen molar-refractivity contribution in [3.05, 3.63) is 30.5 Å². The third kappa shape index (κ3) is 3.58. The second-order valence-corrected chi connectivity index (χ2v) is 4.79. The molecule has 19 heavy (non-hydrogen) atoms. The number of anilines is 1. The van der Waals surface area contributed by atoms with Crippen LogP contribution < -0.4 is 15.4 Å². The molecule has 0 spiro atoms. The molecule has 0 unspecified atom stereocenters. The number of nitrogens with zero attached hydrogens (tertiary/aromatic N) is 1. The summed E-state index contributed by atoms with van der Waals surface area (Å²) in [5.41, 5.74) is 1.99. The fourth-order valence-electron chi connectivity index (χ4n) is 1.98. The van der Waals surface area contributed by atoms with Gasteiger partial charge in [0.1, 0.15) is 5.75 Å². The molecular formula is C15H21N3O. The highest BCUT2D eigenvalue weighted by Crippen LogP contribution is 2.27.